The van der Waals surface area contributed by atoms with Crippen LogP contribution in [-0.2, 0) is 19.1 Å². The highest BCUT2D eigenvalue weighted by atomic mass is 79.9. The predicted molar refractivity (Wildman–Crippen MR) is 93.6 cm³/mol. The summed E-state index contributed by atoms with van der Waals surface area (Å²) in [6, 6.07) is 0. The van der Waals surface area contributed by atoms with E-state index in [-0.39, 0.29) is 30.2 Å². The second-order valence-corrected chi connectivity index (χ2v) is 8.97. The number of hydrogen-bond donors (Lipinski definition) is 1. The molecule has 0 saturated carbocycles. The fourth-order valence-corrected chi connectivity index (χ4v) is 4.50. The van der Waals surface area contributed by atoms with Crippen LogP contribution in [0.15, 0.2) is 0 Å². The van der Waals surface area contributed by atoms with Gasteiger partial charge in [0.25, 0.3) is 0 Å². The average Bonchev–Trinajstić information content (AvgIpc) is 2.35. The zero-order valence-electron chi connectivity index (χ0n) is 15.1. The molecule has 1 N–H and O–H groups in total. The molecule has 5 nitrogen and oxygen atoms in total. The number of carbonyl (C=O) groups excluding carboxylic acids is 2. The molecule has 1 fully saturated rings. The van der Waals surface area contributed by atoms with Crippen molar-refractivity contribution in [2.75, 3.05) is 13.2 Å². The van der Waals surface area contributed by atoms with Gasteiger partial charge < -0.3 is 14.8 Å². The summed E-state index contributed by atoms with van der Waals surface area (Å²) < 4.78 is 8.81. The van der Waals surface area contributed by atoms with Crippen molar-refractivity contribution < 1.29 is 19.1 Å². The highest BCUT2D eigenvalue weighted by Gasteiger charge is 2.50. The molecule has 0 amide bonds. The van der Waals surface area contributed by atoms with Gasteiger partial charge in [0.2, 0.25) is 4.32 Å². The van der Waals surface area contributed by atoms with Gasteiger partial charge in [-0.2, -0.15) is 0 Å². The molecule has 1 saturated heterocycles. The first-order valence-corrected chi connectivity index (χ1v) is 9.08. The number of esters is 2. The average molecular weight is 392 g/mol. The summed E-state index contributed by atoms with van der Waals surface area (Å²) in [4.78, 5) is 24.8. The Kier molecular flexibility index (Phi) is 6.67. The molecule has 0 aromatic rings. The van der Waals surface area contributed by atoms with E-state index in [4.69, 9.17) is 9.47 Å². The Bertz CT molecular complexity index is 414. The van der Waals surface area contributed by atoms with E-state index in [1.165, 1.54) is 0 Å². The van der Waals surface area contributed by atoms with E-state index >= 15 is 0 Å². The summed E-state index contributed by atoms with van der Waals surface area (Å²) >= 11 is 3.36. The zero-order chi connectivity index (χ0) is 17.9. The van der Waals surface area contributed by atoms with E-state index in [9.17, 15) is 9.59 Å². The van der Waals surface area contributed by atoms with Crippen LogP contribution >= 0.6 is 15.9 Å². The van der Waals surface area contributed by atoms with Crippen molar-refractivity contribution in [2.45, 2.75) is 76.2 Å². The first-order valence-electron chi connectivity index (χ1n) is 8.28. The third-order valence-corrected chi connectivity index (χ3v) is 5.01. The van der Waals surface area contributed by atoms with Crippen LogP contribution < -0.4 is 5.32 Å². The number of alkyl halides is 1. The van der Waals surface area contributed by atoms with Gasteiger partial charge in [0.15, 0.2) is 0 Å². The quantitative estimate of drug-likeness (QED) is 0.427. The second-order valence-electron chi connectivity index (χ2n) is 7.61. The fraction of sp³-hybridized carbons (Fsp3) is 0.882. The van der Waals surface area contributed by atoms with Gasteiger partial charge in [0, 0.05) is 11.1 Å². The van der Waals surface area contributed by atoms with Crippen LogP contribution in [0, 0.1) is 5.92 Å². The number of ether oxygens (including phenoxy) is 2. The Balaban J connectivity index is 3.00. The van der Waals surface area contributed by atoms with Gasteiger partial charge in [-0.3, -0.25) is 0 Å². The molecule has 0 aromatic heterocycles. The molecule has 1 rings (SSSR count). The second kappa shape index (κ2) is 7.51. The van der Waals surface area contributed by atoms with Crippen LogP contribution in [0.5, 0.6) is 0 Å². The maximum absolute atomic E-state index is 12.4. The molecule has 0 bridgehead atoms. The number of halogens is 1. The lowest BCUT2D eigenvalue weighted by molar-refractivity contribution is -0.159. The largest absolute Gasteiger partial charge is 0.465 e. The minimum atomic E-state index is -1.42. The molecule has 0 atom stereocenters. The van der Waals surface area contributed by atoms with Crippen LogP contribution in [0.4, 0.5) is 0 Å². The molecule has 1 heterocycles. The highest BCUT2D eigenvalue weighted by Crippen LogP contribution is 2.40. The van der Waals surface area contributed by atoms with Crippen molar-refractivity contribution in [1.29, 1.82) is 0 Å². The molecule has 1 aliphatic rings. The normalized spacial score (nSPS) is 20.8. The van der Waals surface area contributed by atoms with Crippen LogP contribution in [0.2, 0.25) is 0 Å². The lowest BCUT2D eigenvalue weighted by Gasteiger charge is -2.47. The van der Waals surface area contributed by atoms with Crippen LogP contribution in [0.25, 0.3) is 0 Å². The van der Waals surface area contributed by atoms with Crippen LogP contribution in [0.1, 0.15) is 60.8 Å². The first kappa shape index (κ1) is 20.4. The Hall–Kier alpha value is -0.620. The molecule has 0 unspecified atom stereocenters. The van der Waals surface area contributed by atoms with E-state index in [1.807, 2.05) is 0 Å². The Labute approximate surface area is 148 Å². The molecule has 134 valence electrons. The lowest BCUT2D eigenvalue weighted by Crippen LogP contribution is -2.59. The van der Waals surface area contributed by atoms with Crippen LogP contribution in [-0.4, -0.2) is 40.6 Å². The molecule has 0 radical (unpaired) electrons. The highest BCUT2D eigenvalue weighted by molar-refractivity contribution is 9.10. The van der Waals surface area contributed by atoms with Gasteiger partial charge in [-0.05, 0) is 66.7 Å². The summed E-state index contributed by atoms with van der Waals surface area (Å²) in [6.45, 7) is 12.5. The van der Waals surface area contributed by atoms with Crippen LogP contribution in [0.3, 0.4) is 0 Å². The third-order valence-electron chi connectivity index (χ3n) is 4.04. The van der Waals surface area contributed by atoms with Crippen molar-refractivity contribution >= 4 is 27.9 Å². The molecular weight excluding hydrogens is 362 g/mol. The summed E-state index contributed by atoms with van der Waals surface area (Å²) in [6.07, 6.45) is 2.13. The summed E-state index contributed by atoms with van der Waals surface area (Å²) in [7, 11) is 0. The van der Waals surface area contributed by atoms with E-state index < -0.39 is 16.3 Å². The number of carbonyl (C=O) groups is 2. The topological polar surface area (TPSA) is 64.6 Å². The van der Waals surface area contributed by atoms with Crippen molar-refractivity contribution in [3.8, 4) is 0 Å². The lowest BCUT2D eigenvalue weighted by atomic mass is 9.73. The summed E-state index contributed by atoms with van der Waals surface area (Å²) in [5.74, 6) is -0.922. The van der Waals surface area contributed by atoms with Gasteiger partial charge >= 0.3 is 11.9 Å². The van der Waals surface area contributed by atoms with Crippen molar-refractivity contribution in [1.82, 2.24) is 5.32 Å². The molecular formula is C17H30BrNO4. The number of piperidine rings is 1. The molecule has 0 aliphatic carbocycles. The van der Waals surface area contributed by atoms with Gasteiger partial charge in [-0.25, -0.2) is 9.59 Å². The number of hydrogen-bond acceptors (Lipinski definition) is 5. The minimum Gasteiger partial charge on any atom is -0.465 e. The standard InChI is InChI=1S/C17H30BrNO4/c1-7-22-13(20)17(18,14(21)23-8-2)11-12-9-15(3,4)19-16(5,6)10-12/h12,19H,7-11H2,1-6H3. The fourth-order valence-electron chi connectivity index (χ4n) is 3.82. The Morgan fingerprint density at radius 1 is 1.04 bits per heavy atom. The van der Waals surface area contributed by atoms with Gasteiger partial charge in [-0.1, -0.05) is 15.9 Å². The maximum atomic E-state index is 12.4. The van der Waals surface area contributed by atoms with E-state index in [1.54, 1.807) is 13.8 Å². The predicted octanol–water partition coefficient (Wildman–Crippen LogP) is 3.19. The maximum Gasteiger partial charge on any atom is 0.334 e. The van der Waals surface area contributed by atoms with Crippen molar-refractivity contribution in [3.05, 3.63) is 0 Å². The molecule has 0 aromatic carbocycles. The van der Waals surface area contributed by atoms with Gasteiger partial charge in [0.05, 0.1) is 13.2 Å². The summed E-state index contributed by atoms with van der Waals surface area (Å²) in [5.41, 5.74) is -0.104. The Morgan fingerprint density at radius 3 is 1.78 bits per heavy atom. The molecule has 6 heteroatoms. The first-order chi connectivity index (χ1) is 10.5. The smallest absolute Gasteiger partial charge is 0.334 e. The Morgan fingerprint density at radius 2 is 1.43 bits per heavy atom. The number of rotatable bonds is 6. The van der Waals surface area contributed by atoms with Crippen molar-refractivity contribution in [3.63, 3.8) is 0 Å². The summed E-state index contributed by atoms with van der Waals surface area (Å²) in [5, 5.41) is 3.61. The molecule has 23 heavy (non-hydrogen) atoms. The van der Waals surface area contributed by atoms with Gasteiger partial charge in [0.1, 0.15) is 0 Å². The zero-order valence-corrected chi connectivity index (χ0v) is 16.7. The monoisotopic (exact) mass is 391 g/mol. The van der Waals surface area contributed by atoms with E-state index in [0.29, 0.717) is 6.42 Å². The minimum absolute atomic E-state index is 0.0519. The number of nitrogens with one attached hydrogen (secondary N) is 1. The van der Waals surface area contributed by atoms with Gasteiger partial charge in [-0.15, -0.1) is 0 Å². The van der Waals surface area contributed by atoms with E-state index in [0.717, 1.165) is 12.8 Å². The molecule has 1 aliphatic heterocycles. The van der Waals surface area contributed by atoms with E-state index in [2.05, 4.69) is 48.9 Å². The third kappa shape index (κ3) is 5.45. The molecule has 0 spiro atoms. The van der Waals surface area contributed by atoms with Crippen molar-refractivity contribution in [2.24, 2.45) is 5.92 Å². The SMILES string of the molecule is CCOC(=O)C(Br)(CC1CC(C)(C)NC(C)(C)C1)C(=O)OCC.